The van der Waals surface area contributed by atoms with Crippen LogP contribution in [0.3, 0.4) is 0 Å². The first kappa shape index (κ1) is 15.6. The van der Waals surface area contributed by atoms with Crippen LogP contribution in [0, 0.1) is 5.92 Å². The molecule has 20 heavy (non-hydrogen) atoms. The number of rotatable bonds is 4. The van der Waals surface area contributed by atoms with Gasteiger partial charge >= 0.3 is 5.97 Å². The predicted molar refractivity (Wildman–Crippen MR) is 85.2 cm³/mol. The van der Waals surface area contributed by atoms with Gasteiger partial charge in [0.2, 0.25) is 0 Å². The minimum atomic E-state index is -0.608. The number of halogens is 2. The molecule has 1 fully saturated rings. The fourth-order valence-electron chi connectivity index (χ4n) is 2.76. The molecule has 1 aromatic carbocycles. The molecule has 1 aliphatic carbocycles. The van der Waals surface area contributed by atoms with E-state index in [0.717, 1.165) is 29.4 Å². The molecule has 0 saturated heterocycles. The molecule has 0 heterocycles. The van der Waals surface area contributed by atoms with Gasteiger partial charge in [-0.3, -0.25) is 0 Å². The average molecular weight is 361 g/mol. The Balaban J connectivity index is 2.24. The Morgan fingerprint density at radius 2 is 2.35 bits per heavy atom. The second-order valence-electron chi connectivity index (χ2n) is 5.40. The van der Waals surface area contributed by atoms with Gasteiger partial charge < -0.3 is 10.1 Å². The fourth-order valence-corrected chi connectivity index (χ4v) is 3.26. The topological polar surface area (TPSA) is 38.3 Å². The van der Waals surface area contributed by atoms with Gasteiger partial charge in [-0.2, -0.15) is 0 Å². The monoisotopic (exact) mass is 359 g/mol. The number of carbonyl (C=O) groups excluding carboxylic acids is 1. The Bertz CT molecular complexity index is 509. The van der Waals surface area contributed by atoms with Gasteiger partial charge in [-0.15, -0.1) is 0 Å². The lowest BCUT2D eigenvalue weighted by Crippen LogP contribution is -2.45. The summed E-state index contributed by atoms with van der Waals surface area (Å²) in [5.41, 5.74) is 0.270. The maximum Gasteiger partial charge on any atom is 0.331 e. The highest BCUT2D eigenvalue weighted by atomic mass is 79.9. The molecule has 1 saturated carbocycles. The first-order valence-electron chi connectivity index (χ1n) is 6.87. The van der Waals surface area contributed by atoms with Gasteiger partial charge in [0.15, 0.2) is 0 Å². The van der Waals surface area contributed by atoms with E-state index in [4.69, 9.17) is 16.3 Å². The zero-order valence-electron chi connectivity index (χ0n) is 11.7. The molecule has 2 atom stereocenters. The van der Waals surface area contributed by atoms with Crippen molar-refractivity contribution in [3.63, 3.8) is 0 Å². The maximum atomic E-state index is 12.3. The smallest absolute Gasteiger partial charge is 0.331 e. The molecule has 1 N–H and O–H groups in total. The van der Waals surface area contributed by atoms with Gasteiger partial charge in [0, 0.05) is 10.2 Å². The molecule has 2 unspecified atom stereocenters. The molecular weight excluding hydrogens is 342 g/mol. The second-order valence-corrected chi connectivity index (χ2v) is 6.67. The maximum absolute atomic E-state index is 12.3. The van der Waals surface area contributed by atoms with Crippen LogP contribution >= 0.6 is 27.5 Å². The summed E-state index contributed by atoms with van der Waals surface area (Å²) in [6.07, 6.45) is 2.62. The molecule has 2 rings (SSSR count). The number of benzene rings is 1. The van der Waals surface area contributed by atoms with Crippen molar-refractivity contribution in [3.05, 3.63) is 27.7 Å². The summed E-state index contributed by atoms with van der Waals surface area (Å²) < 4.78 is 6.08. The minimum absolute atomic E-state index is 0.157. The van der Waals surface area contributed by atoms with E-state index in [1.807, 2.05) is 25.1 Å². The summed E-state index contributed by atoms with van der Waals surface area (Å²) in [4.78, 5) is 12.3. The van der Waals surface area contributed by atoms with Gasteiger partial charge in [0.05, 0.1) is 11.6 Å². The molecule has 5 heteroatoms. The van der Waals surface area contributed by atoms with Crippen LogP contribution in [-0.2, 0) is 9.53 Å². The number of nitrogens with one attached hydrogen (secondary N) is 1. The van der Waals surface area contributed by atoms with Crippen LogP contribution < -0.4 is 5.32 Å². The summed E-state index contributed by atoms with van der Waals surface area (Å²) in [7, 11) is 0. The van der Waals surface area contributed by atoms with Crippen molar-refractivity contribution in [1.29, 1.82) is 0 Å². The van der Waals surface area contributed by atoms with E-state index < -0.39 is 5.54 Å². The Morgan fingerprint density at radius 3 is 2.90 bits per heavy atom. The molecular formula is C15H19BrClNO2. The molecule has 0 bridgehead atoms. The Morgan fingerprint density at radius 1 is 1.60 bits per heavy atom. The summed E-state index contributed by atoms with van der Waals surface area (Å²) in [6.45, 7) is 4.41. The van der Waals surface area contributed by atoms with E-state index in [0.29, 0.717) is 17.5 Å². The van der Waals surface area contributed by atoms with Crippen LogP contribution in [0.4, 0.5) is 5.69 Å². The number of anilines is 1. The SMILES string of the molecule is CCOC(=O)C1(Nc2ccc(Cl)c(Br)c2)CCC(C)C1. The Kier molecular flexibility index (Phi) is 4.97. The first-order chi connectivity index (χ1) is 9.47. The van der Waals surface area contributed by atoms with Crippen molar-refractivity contribution in [2.24, 2.45) is 5.92 Å². The van der Waals surface area contributed by atoms with Crippen LogP contribution in [0.15, 0.2) is 22.7 Å². The molecule has 0 aromatic heterocycles. The number of esters is 1. The lowest BCUT2D eigenvalue weighted by molar-refractivity contribution is -0.148. The normalized spacial score (nSPS) is 25.5. The van der Waals surface area contributed by atoms with E-state index in [1.165, 1.54) is 0 Å². The van der Waals surface area contributed by atoms with Gasteiger partial charge in [-0.25, -0.2) is 4.79 Å². The van der Waals surface area contributed by atoms with Crippen molar-refractivity contribution in [2.45, 2.75) is 38.6 Å². The van der Waals surface area contributed by atoms with Crippen LogP contribution in [0.2, 0.25) is 5.02 Å². The van der Waals surface area contributed by atoms with Gasteiger partial charge in [0.25, 0.3) is 0 Å². The molecule has 0 amide bonds. The van der Waals surface area contributed by atoms with Crippen LogP contribution in [0.25, 0.3) is 0 Å². The summed E-state index contributed by atoms with van der Waals surface area (Å²) in [5.74, 6) is 0.359. The predicted octanol–water partition coefficient (Wildman–Crippen LogP) is 4.64. The third-order valence-electron chi connectivity index (χ3n) is 3.73. The standard InChI is InChI=1S/C15H19BrClNO2/c1-3-20-14(19)15(7-6-10(2)9-15)18-11-4-5-13(17)12(16)8-11/h4-5,8,10,18H,3,6-7,9H2,1-2H3. The van der Waals surface area contributed by atoms with Crippen molar-refractivity contribution in [2.75, 3.05) is 11.9 Å². The highest BCUT2D eigenvalue weighted by molar-refractivity contribution is 9.10. The summed E-state index contributed by atoms with van der Waals surface area (Å²) >= 11 is 9.41. The van der Waals surface area contributed by atoms with Gasteiger partial charge in [0.1, 0.15) is 5.54 Å². The van der Waals surface area contributed by atoms with Crippen LogP contribution in [0.5, 0.6) is 0 Å². The number of hydrogen-bond donors (Lipinski definition) is 1. The minimum Gasteiger partial charge on any atom is -0.464 e. The Labute approximate surface area is 133 Å². The largest absolute Gasteiger partial charge is 0.464 e. The lowest BCUT2D eigenvalue weighted by atomic mass is 9.95. The zero-order chi connectivity index (χ0) is 14.8. The van der Waals surface area contributed by atoms with Crippen molar-refractivity contribution >= 4 is 39.2 Å². The summed E-state index contributed by atoms with van der Waals surface area (Å²) in [5, 5.41) is 4.03. The number of carbonyl (C=O) groups is 1. The van der Waals surface area contributed by atoms with E-state index >= 15 is 0 Å². The molecule has 0 aliphatic heterocycles. The highest BCUT2D eigenvalue weighted by Gasteiger charge is 2.45. The average Bonchev–Trinajstić information content (AvgIpc) is 2.77. The number of hydrogen-bond acceptors (Lipinski definition) is 3. The van der Waals surface area contributed by atoms with E-state index in [1.54, 1.807) is 0 Å². The summed E-state index contributed by atoms with van der Waals surface area (Å²) in [6, 6.07) is 5.59. The fraction of sp³-hybridized carbons (Fsp3) is 0.533. The molecule has 1 aliphatic rings. The molecule has 0 radical (unpaired) electrons. The van der Waals surface area contributed by atoms with Crippen molar-refractivity contribution < 1.29 is 9.53 Å². The second kappa shape index (κ2) is 6.35. The van der Waals surface area contributed by atoms with Gasteiger partial charge in [-0.1, -0.05) is 18.5 Å². The van der Waals surface area contributed by atoms with E-state index in [2.05, 4.69) is 28.2 Å². The molecule has 110 valence electrons. The zero-order valence-corrected chi connectivity index (χ0v) is 14.1. The van der Waals surface area contributed by atoms with Crippen molar-refractivity contribution in [1.82, 2.24) is 0 Å². The van der Waals surface area contributed by atoms with Crippen LogP contribution in [0.1, 0.15) is 33.1 Å². The number of ether oxygens (including phenoxy) is 1. The molecule has 0 spiro atoms. The highest BCUT2D eigenvalue weighted by Crippen LogP contribution is 2.39. The third kappa shape index (κ3) is 3.29. The molecule has 1 aromatic rings. The van der Waals surface area contributed by atoms with Gasteiger partial charge in [-0.05, 0) is 66.2 Å². The van der Waals surface area contributed by atoms with Crippen LogP contribution in [-0.4, -0.2) is 18.1 Å². The quantitative estimate of drug-likeness (QED) is 0.795. The molecule has 3 nitrogen and oxygen atoms in total. The Hall–Kier alpha value is -0.740. The first-order valence-corrected chi connectivity index (χ1v) is 8.04. The lowest BCUT2D eigenvalue weighted by Gasteiger charge is -2.29. The third-order valence-corrected chi connectivity index (χ3v) is 4.94. The van der Waals surface area contributed by atoms with E-state index in [9.17, 15) is 4.79 Å². The van der Waals surface area contributed by atoms with E-state index in [-0.39, 0.29) is 5.97 Å². The van der Waals surface area contributed by atoms with Crippen molar-refractivity contribution in [3.8, 4) is 0 Å².